The van der Waals surface area contributed by atoms with Gasteiger partial charge < -0.3 is 9.80 Å². The third-order valence-corrected chi connectivity index (χ3v) is 9.78. The monoisotopic (exact) mass is 572 g/mol. The van der Waals surface area contributed by atoms with Crippen LogP contribution in [-0.4, -0.2) is 61.4 Å². The lowest BCUT2D eigenvalue weighted by Gasteiger charge is -2.34. The molecular formula is C34H36N8O. The lowest BCUT2D eigenvalue weighted by molar-refractivity contribution is -0.125. The van der Waals surface area contributed by atoms with Crippen molar-refractivity contribution in [2.45, 2.75) is 51.4 Å². The minimum Gasteiger partial charge on any atom is -0.353 e. The number of aryl methyl sites for hydroxylation is 1. The van der Waals surface area contributed by atoms with E-state index < -0.39 is 0 Å². The van der Waals surface area contributed by atoms with Gasteiger partial charge >= 0.3 is 0 Å². The molecule has 4 aromatic heterocycles. The zero-order chi connectivity index (χ0) is 29.4. The molecule has 9 nitrogen and oxygen atoms in total. The van der Waals surface area contributed by atoms with Crippen molar-refractivity contribution in [2.24, 2.45) is 18.4 Å². The highest BCUT2D eigenvalue weighted by molar-refractivity contribution is 5.93. The minimum absolute atomic E-state index is 0.0526. The van der Waals surface area contributed by atoms with Crippen LogP contribution in [0.25, 0.3) is 27.8 Å². The summed E-state index contributed by atoms with van der Waals surface area (Å²) in [5.41, 5.74) is 5.59. The van der Waals surface area contributed by atoms with Crippen molar-refractivity contribution in [3.05, 3.63) is 54.7 Å². The Labute approximate surface area is 252 Å². The van der Waals surface area contributed by atoms with E-state index in [1.165, 1.54) is 44.9 Å². The fraction of sp³-hybridized carbons (Fsp3) is 0.441. The topological polar surface area (TPSA) is 95.3 Å². The van der Waals surface area contributed by atoms with E-state index in [9.17, 15) is 10.1 Å². The quantitative estimate of drug-likeness (QED) is 0.317. The molecule has 1 spiro atoms. The highest BCUT2D eigenvalue weighted by Crippen LogP contribution is 2.53. The molecule has 0 radical (unpaired) electrons. The molecule has 2 aliphatic carbocycles. The summed E-state index contributed by atoms with van der Waals surface area (Å²) in [6, 6.07) is 8.39. The van der Waals surface area contributed by atoms with Crippen molar-refractivity contribution in [3.8, 4) is 40.2 Å². The molecule has 5 heterocycles. The van der Waals surface area contributed by atoms with E-state index in [-0.39, 0.29) is 5.91 Å². The molecule has 43 heavy (non-hydrogen) atoms. The number of carbonyl (C=O) groups is 1. The average Bonchev–Trinajstić information content (AvgIpc) is 3.85. The predicted molar refractivity (Wildman–Crippen MR) is 165 cm³/mol. The number of hydrogen-bond acceptors (Lipinski definition) is 6. The Balaban J connectivity index is 1.00. The lowest BCUT2D eigenvalue weighted by Crippen LogP contribution is -2.48. The maximum atomic E-state index is 12.8. The maximum absolute atomic E-state index is 12.8. The van der Waals surface area contributed by atoms with Gasteiger partial charge in [0.2, 0.25) is 0 Å². The number of nitrogens with zero attached hydrogens (tertiary/aromatic N) is 8. The summed E-state index contributed by atoms with van der Waals surface area (Å²) < 4.78 is 3.52. The smallest absolute Gasteiger partial charge is 0.298 e. The molecule has 0 bridgehead atoms. The number of amides is 1. The van der Waals surface area contributed by atoms with Gasteiger partial charge in [-0.25, -0.2) is 9.50 Å². The molecule has 1 saturated heterocycles. The van der Waals surface area contributed by atoms with Gasteiger partial charge in [-0.1, -0.05) is 18.8 Å². The van der Waals surface area contributed by atoms with Gasteiger partial charge in [-0.2, -0.15) is 15.5 Å². The zero-order valence-corrected chi connectivity index (χ0v) is 24.7. The van der Waals surface area contributed by atoms with Crippen LogP contribution in [-0.2, 0) is 11.8 Å². The highest BCUT2D eigenvalue weighted by Gasteiger charge is 2.40. The van der Waals surface area contributed by atoms with Crippen LogP contribution >= 0.6 is 0 Å². The van der Waals surface area contributed by atoms with Crippen molar-refractivity contribution >= 4 is 17.2 Å². The first-order chi connectivity index (χ1) is 21.0. The Morgan fingerprint density at radius 1 is 1.00 bits per heavy atom. The van der Waals surface area contributed by atoms with Crippen LogP contribution in [0.3, 0.4) is 0 Å². The van der Waals surface area contributed by atoms with E-state index in [1.807, 2.05) is 48.9 Å². The number of nitriles is 1. The molecule has 4 aromatic rings. The lowest BCUT2D eigenvalue weighted by atomic mass is 9.83. The highest BCUT2D eigenvalue weighted by atomic mass is 16.2. The molecule has 0 N–H and O–H groups in total. The summed E-state index contributed by atoms with van der Waals surface area (Å²) in [5.74, 6) is 7.66. The maximum Gasteiger partial charge on any atom is 0.298 e. The Kier molecular flexibility index (Phi) is 7.10. The van der Waals surface area contributed by atoms with Crippen LogP contribution < -0.4 is 4.90 Å². The molecule has 1 aliphatic heterocycles. The number of pyridine rings is 2. The standard InChI is InChI=1S/C34H36N8O/c1-39-23-29(22-37-39)27-17-30(33-28(19-35)21-38-42(33)24-27)26-7-8-31(36-20-26)40-13-15-41(16-14-40)32(43)6-4-5-25-9-12-34(18-25)10-2-3-11-34/h7-8,17,20-25H,2-3,5,9-16,18H2,1H3. The Hall–Kier alpha value is -4.63. The molecule has 218 valence electrons. The number of anilines is 1. The number of carbonyl (C=O) groups excluding carboxylic acids is 1. The van der Waals surface area contributed by atoms with Gasteiger partial charge in [-0.15, -0.1) is 0 Å². The van der Waals surface area contributed by atoms with Crippen LogP contribution in [0.1, 0.15) is 56.9 Å². The number of rotatable bonds is 4. The summed E-state index contributed by atoms with van der Waals surface area (Å²) in [5, 5.41) is 18.5. The Morgan fingerprint density at radius 2 is 1.84 bits per heavy atom. The molecular weight excluding hydrogens is 536 g/mol. The summed E-state index contributed by atoms with van der Waals surface area (Å²) in [7, 11) is 1.89. The Morgan fingerprint density at radius 3 is 2.56 bits per heavy atom. The van der Waals surface area contributed by atoms with Gasteiger partial charge in [-0.05, 0) is 67.6 Å². The summed E-state index contributed by atoms with van der Waals surface area (Å²) >= 11 is 0. The summed E-state index contributed by atoms with van der Waals surface area (Å²) in [6.07, 6.45) is 19.5. The van der Waals surface area contributed by atoms with Gasteiger partial charge in [0.05, 0.1) is 23.5 Å². The van der Waals surface area contributed by atoms with Gasteiger partial charge in [-0.3, -0.25) is 9.48 Å². The van der Waals surface area contributed by atoms with Crippen molar-refractivity contribution < 1.29 is 4.79 Å². The molecule has 1 amide bonds. The third-order valence-electron chi connectivity index (χ3n) is 9.78. The van der Waals surface area contributed by atoms with Crippen molar-refractivity contribution in [1.82, 2.24) is 29.3 Å². The normalized spacial score (nSPS) is 19.5. The third kappa shape index (κ3) is 5.36. The average molecular weight is 573 g/mol. The van der Waals surface area contributed by atoms with E-state index >= 15 is 0 Å². The van der Waals surface area contributed by atoms with Crippen LogP contribution in [0.5, 0.6) is 0 Å². The minimum atomic E-state index is -0.0526. The second-order valence-corrected chi connectivity index (χ2v) is 12.5. The fourth-order valence-electron chi connectivity index (χ4n) is 7.45. The van der Waals surface area contributed by atoms with E-state index in [0.717, 1.165) is 40.0 Å². The number of hydrogen-bond donors (Lipinski definition) is 0. The van der Waals surface area contributed by atoms with Crippen LogP contribution in [0.15, 0.2) is 49.2 Å². The van der Waals surface area contributed by atoms with Gasteiger partial charge in [0.25, 0.3) is 5.91 Å². The summed E-state index contributed by atoms with van der Waals surface area (Å²) in [6.45, 7) is 2.71. The SMILES string of the molecule is Cn1cc(-c2cc(-c3ccc(N4CCN(C(=O)C#CCC5CCC6(CCCC6)C5)CC4)nc3)c3c(C#N)cnn3c2)cn1. The largest absolute Gasteiger partial charge is 0.353 e. The van der Waals surface area contributed by atoms with E-state index in [0.29, 0.717) is 43.1 Å². The van der Waals surface area contributed by atoms with E-state index in [4.69, 9.17) is 4.98 Å². The number of piperazine rings is 1. The second kappa shape index (κ2) is 11.2. The predicted octanol–water partition coefficient (Wildman–Crippen LogP) is 5.07. The fourth-order valence-corrected chi connectivity index (χ4v) is 7.45. The molecule has 9 heteroatoms. The van der Waals surface area contributed by atoms with E-state index in [2.05, 4.69) is 39.1 Å². The van der Waals surface area contributed by atoms with Crippen LogP contribution in [0, 0.1) is 34.5 Å². The Bertz CT molecular complexity index is 1750. The molecule has 2 saturated carbocycles. The number of fused-ring (bicyclic) bond motifs is 1. The molecule has 3 fully saturated rings. The van der Waals surface area contributed by atoms with Gasteiger partial charge in [0.15, 0.2) is 0 Å². The van der Waals surface area contributed by atoms with Crippen LogP contribution in [0.4, 0.5) is 5.82 Å². The first-order valence-corrected chi connectivity index (χ1v) is 15.4. The van der Waals surface area contributed by atoms with Gasteiger partial charge in [0.1, 0.15) is 11.9 Å². The molecule has 1 unspecified atom stereocenters. The number of aromatic nitrogens is 5. The van der Waals surface area contributed by atoms with Crippen LogP contribution in [0.2, 0.25) is 0 Å². The summed E-state index contributed by atoms with van der Waals surface area (Å²) in [4.78, 5) is 21.7. The molecule has 7 rings (SSSR count). The van der Waals surface area contributed by atoms with Crippen molar-refractivity contribution in [3.63, 3.8) is 0 Å². The van der Waals surface area contributed by atoms with Gasteiger partial charge in [0, 0.05) is 80.5 Å². The first-order valence-electron chi connectivity index (χ1n) is 15.4. The first kappa shape index (κ1) is 27.2. The second-order valence-electron chi connectivity index (χ2n) is 12.5. The van der Waals surface area contributed by atoms with Crippen molar-refractivity contribution in [2.75, 3.05) is 31.1 Å². The molecule has 1 atom stereocenters. The zero-order valence-electron chi connectivity index (χ0n) is 24.7. The van der Waals surface area contributed by atoms with E-state index in [1.54, 1.807) is 15.4 Å². The molecule has 0 aromatic carbocycles. The van der Waals surface area contributed by atoms with Crippen molar-refractivity contribution in [1.29, 1.82) is 5.26 Å². The molecule has 3 aliphatic rings.